The van der Waals surface area contributed by atoms with Gasteiger partial charge in [0.2, 0.25) is 0 Å². The Labute approximate surface area is 216 Å². The van der Waals surface area contributed by atoms with E-state index in [1.54, 1.807) is 26.0 Å². The zero-order chi connectivity index (χ0) is 27.3. The molecule has 0 amide bonds. The number of rotatable bonds is 4. The van der Waals surface area contributed by atoms with Crippen LogP contribution < -0.4 is 0 Å². The lowest BCUT2D eigenvalue weighted by Crippen LogP contribution is -2.56. The largest absolute Gasteiger partial charge is 0.461 e. The fraction of sp³-hybridized carbons (Fsp3) is 0.821. The van der Waals surface area contributed by atoms with Crippen molar-refractivity contribution in [3.8, 4) is 0 Å². The number of likely N-dealkylation sites (N-methyl/N-ethyl adjacent to an activating group) is 1. The molecule has 0 radical (unpaired) electrons. The number of hydrogen-bond acceptors (Lipinski definition) is 8. The Morgan fingerprint density at radius 2 is 1.69 bits per heavy atom. The SMILES string of the molecule is CCC1OC(=O)[C@H](C)C(=O)[C@H](C)[C@@H](O[C@@H]2O[C@H](C)C[C@H](N(C)C)[C@H]2O)[C@@H](C)C[C@@H](C)C(=O)/C=C/[C@H]1C. The zero-order valence-corrected chi connectivity index (χ0v) is 23.5. The van der Waals surface area contributed by atoms with Crippen molar-refractivity contribution in [2.75, 3.05) is 14.1 Å². The highest BCUT2D eigenvalue weighted by molar-refractivity contribution is 6.00. The van der Waals surface area contributed by atoms with Crippen LogP contribution in [0.25, 0.3) is 0 Å². The summed E-state index contributed by atoms with van der Waals surface area (Å²) in [4.78, 5) is 41.2. The molecule has 0 spiro atoms. The molecule has 0 aromatic carbocycles. The molecule has 11 atom stereocenters. The quantitative estimate of drug-likeness (QED) is 0.454. The highest BCUT2D eigenvalue weighted by Gasteiger charge is 2.43. The molecule has 0 saturated carbocycles. The minimum absolute atomic E-state index is 0.0201. The van der Waals surface area contributed by atoms with Gasteiger partial charge in [-0.2, -0.15) is 0 Å². The Hall–Kier alpha value is -1.61. The first-order valence-electron chi connectivity index (χ1n) is 13.4. The monoisotopic (exact) mass is 509 g/mol. The van der Waals surface area contributed by atoms with Crippen LogP contribution in [0.5, 0.6) is 0 Å². The van der Waals surface area contributed by atoms with Gasteiger partial charge in [-0.3, -0.25) is 14.4 Å². The van der Waals surface area contributed by atoms with Crippen molar-refractivity contribution in [1.82, 2.24) is 4.90 Å². The molecule has 2 heterocycles. The van der Waals surface area contributed by atoms with Gasteiger partial charge >= 0.3 is 5.97 Å². The summed E-state index contributed by atoms with van der Waals surface area (Å²) in [6, 6.07) is -0.161. The number of ketones is 2. The topological polar surface area (TPSA) is 102 Å². The Balaban J connectivity index is 2.40. The normalized spacial score (nSPS) is 42.6. The molecule has 206 valence electrons. The first-order valence-corrected chi connectivity index (χ1v) is 13.4. The maximum absolute atomic E-state index is 13.5. The summed E-state index contributed by atoms with van der Waals surface area (Å²) < 4.78 is 18.1. The molecule has 1 unspecified atom stereocenters. The van der Waals surface area contributed by atoms with Gasteiger partial charge < -0.3 is 24.2 Å². The number of nitrogens with zero attached hydrogens (tertiary/aromatic N) is 1. The van der Waals surface area contributed by atoms with E-state index in [4.69, 9.17) is 14.2 Å². The van der Waals surface area contributed by atoms with Gasteiger partial charge in [-0.25, -0.2) is 0 Å². The summed E-state index contributed by atoms with van der Waals surface area (Å²) in [6.45, 7) is 12.9. The molecule has 2 aliphatic heterocycles. The Morgan fingerprint density at radius 3 is 2.28 bits per heavy atom. The summed E-state index contributed by atoms with van der Waals surface area (Å²) in [5.41, 5.74) is 0. The molecule has 1 N–H and O–H groups in total. The van der Waals surface area contributed by atoms with Crippen molar-refractivity contribution < 1.29 is 33.7 Å². The molecular weight excluding hydrogens is 462 g/mol. The molecule has 36 heavy (non-hydrogen) atoms. The maximum Gasteiger partial charge on any atom is 0.316 e. The fourth-order valence-corrected chi connectivity index (χ4v) is 5.38. The lowest BCUT2D eigenvalue weighted by atomic mass is 9.80. The predicted octanol–water partition coefficient (Wildman–Crippen LogP) is 3.40. The summed E-state index contributed by atoms with van der Waals surface area (Å²) >= 11 is 0. The predicted molar refractivity (Wildman–Crippen MR) is 137 cm³/mol. The summed E-state index contributed by atoms with van der Waals surface area (Å²) in [5, 5.41) is 11.0. The van der Waals surface area contributed by atoms with Gasteiger partial charge in [0, 0.05) is 23.8 Å². The van der Waals surface area contributed by atoms with Crippen LogP contribution in [0.4, 0.5) is 0 Å². The molecule has 0 aliphatic carbocycles. The first kappa shape index (κ1) is 30.6. The molecule has 1 fully saturated rings. The molecule has 2 rings (SSSR count). The number of carbonyl (C=O) groups is 3. The van der Waals surface area contributed by atoms with E-state index in [1.807, 2.05) is 53.6 Å². The van der Waals surface area contributed by atoms with E-state index in [0.29, 0.717) is 19.3 Å². The molecule has 2 aliphatic rings. The number of allylic oxidation sites excluding steroid dienone is 1. The van der Waals surface area contributed by atoms with Gasteiger partial charge in [0.25, 0.3) is 0 Å². The second-order valence-corrected chi connectivity index (χ2v) is 11.2. The van der Waals surface area contributed by atoms with E-state index in [0.717, 1.165) is 0 Å². The minimum Gasteiger partial charge on any atom is -0.461 e. The summed E-state index contributed by atoms with van der Waals surface area (Å²) in [6.07, 6.45) is 2.02. The van der Waals surface area contributed by atoms with Crippen LogP contribution in [-0.4, -0.2) is 78.4 Å². The van der Waals surface area contributed by atoms with E-state index < -0.39 is 42.4 Å². The standard InChI is InChI=1S/C28H47NO7/c1-10-23-15(2)11-12-22(30)16(3)13-17(4)26(19(6)24(31)20(7)27(33)35-23)36-28-25(32)21(29(8)9)14-18(5)34-28/h11-12,15-21,23,25-26,28,32H,10,13-14H2,1-9H3/b12-11+/t15-,16-,17+,18-,19+,20-,21+,23?,25-,26+,28+/m1/s1. The van der Waals surface area contributed by atoms with E-state index >= 15 is 0 Å². The number of aliphatic hydroxyl groups is 1. The van der Waals surface area contributed by atoms with Crippen LogP contribution in [0.2, 0.25) is 0 Å². The van der Waals surface area contributed by atoms with Crippen LogP contribution in [-0.2, 0) is 28.6 Å². The summed E-state index contributed by atoms with van der Waals surface area (Å²) in [5.74, 6) is -3.16. The van der Waals surface area contributed by atoms with Gasteiger partial charge in [-0.1, -0.05) is 40.7 Å². The first-order chi connectivity index (χ1) is 16.8. The van der Waals surface area contributed by atoms with Crippen molar-refractivity contribution in [1.29, 1.82) is 0 Å². The third-order valence-corrected chi connectivity index (χ3v) is 7.88. The van der Waals surface area contributed by atoms with E-state index in [2.05, 4.69) is 0 Å². The van der Waals surface area contributed by atoms with E-state index in [1.165, 1.54) is 0 Å². The van der Waals surface area contributed by atoms with Crippen LogP contribution >= 0.6 is 0 Å². The smallest absolute Gasteiger partial charge is 0.316 e. The number of ether oxygens (including phenoxy) is 3. The number of Topliss-reactive ketones (excluding diaryl/α,β-unsaturated/α-hetero) is 1. The number of cyclic esters (lactones) is 1. The lowest BCUT2D eigenvalue weighted by molar-refractivity contribution is -0.278. The zero-order valence-electron chi connectivity index (χ0n) is 23.5. The number of hydrogen-bond donors (Lipinski definition) is 1. The number of carbonyl (C=O) groups excluding carboxylic acids is 3. The fourth-order valence-electron chi connectivity index (χ4n) is 5.38. The van der Waals surface area contributed by atoms with Crippen LogP contribution in [0.15, 0.2) is 12.2 Å². The van der Waals surface area contributed by atoms with Crippen LogP contribution in [0.1, 0.15) is 67.7 Å². The Morgan fingerprint density at radius 1 is 1.06 bits per heavy atom. The minimum atomic E-state index is -0.962. The number of esters is 1. The molecule has 0 bridgehead atoms. The van der Waals surface area contributed by atoms with Crippen molar-refractivity contribution in [3.63, 3.8) is 0 Å². The van der Waals surface area contributed by atoms with Crippen LogP contribution in [0, 0.1) is 29.6 Å². The molecule has 8 nitrogen and oxygen atoms in total. The van der Waals surface area contributed by atoms with Crippen LogP contribution in [0.3, 0.4) is 0 Å². The van der Waals surface area contributed by atoms with Crippen molar-refractivity contribution in [2.24, 2.45) is 29.6 Å². The molecule has 0 aromatic heterocycles. The summed E-state index contributed by atoms with van der Waals surface area (Å²) in [7, 11) is 3.80. The maximum atomic E-state index is 13.5. The highest BCUT2D eigenvalue weighted by Crippen LogP contribution is 2.32. The number of aliphatic hydroxyl groups excluding tert-OH is 1. The van der Waals surface area contributed by atoms with Gasteiger partial charge in [0.1, 0.15) is 18.1 Å². The Bertz CT molecular complexity index is 797. The van der Waals surface area contributed by atoms with Gasteiger partial charge in [-0.05, 0) is 59.2 Å². The van der Waals surface area contributed by atoms with Gasteiger partial charge in [0.15, 0.2) is 17.9 Å². The van der Waals surface area contributed by atoms with Crippen molar-refractivity contribution in [2.45, 2.75) is 104 Å². The van der Waals surface area contributed by atoms with Gasteiger partial charge in [0.05, 0.1) is 12.2 Å². The highest BCUT2D eigenvalue weighted by atomic mass is 16.7. The van der Waals surface area contributed by atoms with Gasteiger partial charge in [-0.15, -0.1) is 0 Å². The van der Waals surface area contributed by atoms with E-state index in [-0.39, 0.29) is 41.5 Å². The molecule has 1 saturated heterocycles. The molecule has 8 heteroatoms. The van der Waals surface area contributed by atoms with Crippen molar-refractivity contribution >= 4 is 17.5 Å². The second-order valence-electron chi connectivity index (χ2n) is 11.2. The molecular formula is C28H47NO7. The molecule has 0 aromatic rings. The third-order valence-electron chi connectivity index (χ3n) is 7.88. The average molecular weight is 510 g/mol. The van der Waals surface area contributed by atoms with Crippen molar-refractivity contribution in [3.05, 3.63) is 12.2 Å². The third kappa shape index (κ3) is 7.46. The Kier molecular flexibility index (Phi) is 11.3. The van der Waals surface area contributed by atoms with E-state index in [9.17, 15) is 19.5 Å². The average Bonchev–Trinajstić information content (AvgIpc) is 2.83. The second kappa shape index (κ2) is 13.3. The lowest BCUT2D eigenvalue weighted by Gasteiger charge is -2.43.